The molecule has 0 aliphatic carbocycles. The molecule has 1 fully saturated rings. The van der Waals surface area contributed by atoms with Crippen molar-refractivity contribution in [2.75, 3.05) is 20.1 Å². The maximum atomic E-state index is 12.6. The van der Waals surface area contributed by atoms with Crippen molar-refractivity contribution in [1.82, 2.24) is 20.0 Å². The quantitative estimate of drug-likeness (QED) is 0.943. The normalized spacial score (nSPS) is 18.5. The molecule has 0 bridgehead atoms. The summed E-state index contributed by atoms with van der Waals surface area (Å²) in [5, 5.41) is 7.62. The van der Waals surface area contributed by atoms with Crippen molar-refractivity contribution < 1.29 is 4.79 Å². The van der Waals surface area contributed by atoms with Crippen LogP contribution < -0.4 is 5.32 Å². The molecule has 116 valence electrons. The van der Waals surface area contributed by atoms with Crippen LogP contribution in [0.1, 0.15) is 28.8 Å². The molecular formula is C17H22N4O. The Morgan fingerprint density at radius 3 is 2.95 bits per heavy atom. The van der Waals surface area contributed by atoms with Crippen LogP contribution in [0.15, 0.2) is 36.7 Å². The minimum atomic E-state index is 0.0692. The average Bonchev–Trinajstić information content (AvgIpc) is 3.04. The van der Waals surface area contributed by atoms with E-state index in [4.69, 9.17) is 0 Å². The number of nitrogens with one attached hydrogen (secondary N) is 1. The standard InChI is InChI=1S/C17H22N4O/c1-13-6-3-4-8-16(13)21-11-14(10-19-21)17(22)20-9-5-7-15(12-20)18-2/h3-4,6,8,10-11,15,18H,5,7,9,12H2,1-2H3/t15-/m1/s1. The van der Waals surface area contributed by atoms with Gasteiger partial charge in [0.05, 0.1) is 17.4 Å². The molecule has 0 unspecified atom stereocenters. The lowest BCUT2D eigenvalue weighted by molar-refractivity contribution is 0.0698. The molecule has 0 saturated carbocycles. The number of rotatable bonds is 3. The van der Waals surface area contributed by atoms with E-state index < -0.39 is 0 Å². The SMILES string of the molecule is CN[C@@H]1CCCN(C(=O)c2cnn(-c3ccccc3C)c2)C1. The van der Waals surface area contributed by atoms with Gasteiger partial charge in [-0.15, -0.1) is 0 Å². The van der Waals surface area contributed by atoms with Crippen molar-refractivity contribution in [1.29, 1.82) is 0 Å². The Hall–Kier alpha value is -2.14. The van der Waals surface area contributed by atoms with Gasteiger partial charge in [0.1, 0.15) is 0 Å². The molecule has 0 spiro atoms. The first-order chi connectivity index (χ1) is 10.7. The van der Waals surface area contributed by atoms with Crippen molar-refractivity contribution in [2.45, 2.75) is 25.8 Å². The van der Waals surface area contributed by atoms with Gasteiger partial charge in [-0.3, -0.25) is 4.79 Å². The van der Waals surface area contributed by atoms with Gasteiger partial charge in [0.2, 0.25) is 0 Å². The highest BCUT2D eigenvalue weighted by atomic mass is 16.2. The lowest BCUT2D eigenvalue weighted by Crippen LogP contribution is -2.46. The maximum absolute atomic E-state index is 12.6. The van der Waals surface area contributed by atoms with E-state index in [2.05, 4.69) is 10.4 Å². The summed E-state index contributed by atoms with van der Waals surface area (Å²) in [6, 6.07) is 8.42. The van der Waals surface area contributed by atoms with Gasteiger partial charge in [-0.25, -0.2) is 4.68 Å². The number of hydrogen-bond donors (Lipinski definition) is 1. The second kappa shape index (κ2) is 6.32. The summed E-state index contributed by atoms with van der Waals surface area (Å²) in [6.45, 7) is 3.64. The van der Waals surface area contributed by atoms with Crippen LogP contribution in [-0.4, -0.2) is 46.8 Å². The van der Waals surface area contributed by atoms with E-state index in [0.717, 1.165) is 37.2 Å². The maximum Gasteiger partial charge on any atom is 0.257 e. The second-order valence-corrected chi connectivity index (χ2v) is 5.84. The van der Waals surface area contributed by atoms with Gasteiger partial charge in [0, 0.05) is 25.3 Å². The first-order valence-corrected chi connectivity index (χ1v) is 7.76. The van der Waals surface area contributed by atoms with E-state index in [1.165, 1.54) is 0 Å². The summed E-state index contributed by atoms with van der Waals surface area (Å²) >= 11 is 0. The minimum absolute atomic E-state index is 0.0692. The molecule has 1 aliphatic rings. The lowest BCUT2D eigenvalue weighted by Gasteiger charge is -2.32. The van der Waals surface area contributed by atoms with Crippen LogP contribution in [0.3, 0.4) is 0 Å². The molecule has 2 heterocycles. The molecule has 1 aliphatic heterocycles. The summed E-state index contributed by atoms with van der Waals surface area (Å²) in [7, 11) is 1.95. The van der Waals surface area contributed by atoms with E-state index in [-0.39, 0.29) is 5.91 Å². The zero-order valence-corrected chi connectivity index (χ0v) is 13.1. The third kappa shape index (κ3) is 2.90. The monoisotopic (exact) mass is 298 g/mol. The van der Waals surface area contributed by atoms with Gasteiger partial charge in [0.15, 0.2) is 0 Å². The fraction of sp³-hybridized carbons (Fsp3) is 0.412. The number of benzene rings is 1. The molecule has 3 rings (SSSR count). The van der Waals surface area contributed by atoms with Crippen molar-refractivity contribution in [3.8, 4) is 5.69 Å². The predicted octanol–water partition coefficient (Wildman–Crippen LogP) is 2.00. The van der Waals surface area contributed by atoms with Crippen LogP contribution in [0.5, 0.6) is 0 Å². The molecule has 1 saturated heterocycles. The molecule has 1 N–H and O–H groups in total. The summed E-state index contributed by atoms with van der Waals surface area (Å²) < 4.78 is 1.78. The number of likely N-dealkylation sites (tertiary alicyclic amines) is 1. The number of carbonyl (C=O) groups is 1. The van der Waals surface area contributed by atoms with Crippen molar-refractivity contribution in [2.24, 2.45) is 0 Å². The van der Waals surface area contributed by atoms with Gasteiger partial charge >= 0.3 is 0 Å². The average molecular weight is 298 g/mol. The molecule has 2 aromatic rings. The molecule has 0 radical (unpaired) electrons. The van der Waals surface area contributed by atoms with Gasteiger partial charge in [-0.05, 0) is 38.4 Å². The largest absolute Gasteiger partial charge is 0.337 e. The Morgan fingerprint density at radius 2 is 2.18 bits per heavy atom. The number of aryl methyl sites for hydroxylation is 1. The second-order valence-electron chi connectivity index (χ2n) is 5.84. The van der Waals surface area contributed by atoms with Crippen LogP contribution in [0, 0.1) is 6.92 Å². The third-order valence-electron chi connectivity index (χ3n) is 4.31. The number of amides is 1. The molecule has 1 aromatic heterocycles. The highest BCUT2D eigenvalue weighted by Gasteiger charge is 2.24. The smallest absolute Gasteiger partial charge is 0.257 e. The number of carbonyl (C=O) groups excluding carboxylic acids is 1. The Balaban J connectivity index is 1.79. The summed E-state index contributed by atoms with van der Waals surface area (Å²) in [6.07, 6.45) is 5.66. The van der Waals surface area contributed by atoms with Crippen LogP contribution in [0.4, 0.5) is 0 Å². The fourth-order valence-electron chi connectivity index (χ4n) is 2.97. The first kappa shape index (κ1) is 14.8. The Bertz CT molecular complexity index is 664. The van der Waals surface area contributed by atoms with Gasteiger partial charge in [0.25, 0.3) is 5.91 Å². The van der Waals surface area contributed by atoms with E-state index in [1.807, 2.05) is 49.3 Å². The molecular weight excluding hydrogens is 276 g/mol. The van der Waals surface area contributed by atoms with E-state index in [1.54, 1.807) is 10.9 Å². The fourth-order valence-corrected chi connectivity index (χ4v) is 2.97. The molecule has 1 atom stereocenters. The summed E-state index contributed by atoms with van der Waals surface area (Å²) in [5.74, 6) is 0.0692. The first-order valence-electron chi connectivity index (χ1n) is 7.76. The highest BCUT2D eigenvalue weighted by molar-refractivity contribution is 5.94. The molecule has 1 amide bonds. The highest BCUT2D eigenvalue weighted by Crippen LogP contribution is 2.16. The van der Waals surface area contributed by atoms with Crippen LogP contribution in [0.2, 0.25) is 0 Å². The van der Waals surface area contributed by atoms with Crippen molar-refractivity contribution >= 4 is 5.91 Å². The third-order valence-corrected chi connectivity index (χ3v) is 4.31. The van der Waals surface area contributed by atoms with Gasteiger partial charge in [-0.2, -0.15) is 5.10 Å². The van der Waals surface area contributed by atoms with Crippen LogP contribution >= 0.6 is 0 Å². The van der Waals surface area contributed by atoms with Crippen molar-refractivity contribution in [3.05, 3.63) is 47.8 Å². The zero-order chi connectivity index (χ0) is 15.5. The minimum Gasteiger partial charge on any atom is -0.337 e. The Morgan fingerprint density at radius 1 is 1.36 bits per heavy atom. The number of likely N-dealkylation sites (N-methyl/N-ethyl adjacent to an activating group) is 1. The van der Waals surface area contributed by atoms with Crippen LogP contribution in [0.25, 0.3) is 5.69 Å². The molecule has 1 aromatic carbocycles. The Kier molecular flexibility index (Phi) is 4.24. The predicted molar refractivity (Wildman–Crippen MR) is 86.3 cm³/mol. The van der Waals surface area contributed by atoms with Gasteiger partial charge in [-0.1, -0.05) is 18.2 Å². The number of aromatic nitrogens is 2. The molecule has 5 heteroatoms. The van der Waals surface area contributed by atoms with E-state index in [9.17, 15) is 4.79 Å². The molecule has 5 nitrogen and oxygen atoms in total. The van der Waals surface area contributed by atoms with Crippen molar-refractivity contribution in [3.63, 3.8) is 0 Å². The summed E-state index contributed by atoms with van der Waals surface area (Å²) in [4.78, 5) is 14.6. The number of nitrogens with zero attached hydrogens (tertiary/aromatic N) is 3. The van der Waals surface area contributed by atoms with E-state index >= 15 is 0 Å². The number of piperidine rings is 1. The number of para-hydroxylation sites is 1. The topological polar surface area (TPSA) is 50.2 Å². The molecule has 22 heavy (non-hydrogen) atoms. The zero-order valence-electron chi connectivity index (χ0n) is 13.1. The summed E-state index contributed by atoms with van der Waals surface area (Å²) in [5.41, 5.74) is 2.80. The van der Waals surface area contributed by atoms with Crippen LogP contribution in [-0.2, 0) is 0 Å². The van der Waals surface area contributed by atoms with E-state index in [0.29, 0.717) is 11.6 Å². The Labute approximate surface area is 130 Å². The lowest BCUT2D eigenvalue weighted by atomic mass is 10.1. The number of hydrogen-bond acceptors (Lipinski definition) is 3. The van der Waals surface area contributed by atoms with Gasteiger partial charge < -0.3 is 10.2 Å².